The van der Waals surface area contributed by atoms with E-state index in [9.17, 15) is 9.18 Å². The Kier molecular flexibility index (Phi) is 2.81. The standard InChI is InChI=1S/C10H10FNO2S/c11-9-3-7(12-10(13)14)1-2-8(9)6-4-15-5-6/h1-3,6,12H,4-5H2,(H,13,14). The molecule has 0 saturated carbocycles. The van der Waals surface area contributed by atoms with Gasteiger partial charge in [-0.15, -0.1) is 0 Å². The number of thioether (sulfide) groups is 1. The van der Waals surface area contributed by atoms with Crippen molar-refractivity contribution in [3.8, 4) is 0 Å². The Hall–Kier alpha value is -1.23. The highest BCUT2D eigenvalue weighted by molar-refractivity contribution is 8.00. The zero-order valence-electron chi connectivity index (χ0n) is 7.87. The molecule has 2 N–H and O–H groups in total. The van der Waals surface area contributed by atoms with Gasteiger partial charge in [-0.1, -0.05) is 6.07 Å². The van der Waals surface area contributed by atoms with E-state index in [0.29, 0.717) is 5.56 Å². The van der Waals surface area contributed by atoms with Gasteiger partial charge in [0.25, 0.3) is 0 Å². The van der Waals surface area contributed by atoms with Gasteiger partial charge < -0.3 is 5.11 Å². The van der Waals surface area contributed by atoms with Crippen molar-refractivity contribution in [2.45, 2.75) is 5.92 Å². The van der Waals surface area contributed by atoms with Crippen molar-refractivity contribution >= 4 is 23.5 Å². The fourth-order valence-electron chi connectivity index (χ4n) is 1.47. The molecule has 0 radical (unpaired) electrons. The van der Waals surface area contributed by atoms with E-state index in [4.69, 9.17) is 5.11 Å². The van der Waals surface area contributed by atoms with Crippen LogP contribution in [-0.4, -0.2) is 22.7 Å². The van der Waals surface area contributed by atoms with Crippen molar-refractivity contribution < 1.29 is 14.3 Å². The summed E-state index contributed by atoms with van der Waals surface area (Å²) in [7, 11) is 0. The molecule has 1 heterocycles. The fourth-order valence-corrected chi connectivity index (χ4v) is 2.31. The summed E-state index contributed by atoms with van der Waals surface area (Å²) in [5.74, 6) is 1.85. The van der Waals surface area contributed by atoms with Gasteiger partial charge in [-0.2, -0.15) is 11.8 Å². The number of carboxylic acid groups (broad SMARTS) is 1. The first-order valence-electron chi connectivity index (χ1n) is 4.54. The van der Waals surface area contributed by atoms with Gasteiger partial charge in [0.15, 0.2) is 0 Å². The van der Waals surface area contributed by atoms with Crippen LogP contribution in [0.1, 0.15) is 11.5 Å². The van der Waals surface area contributed by atoms with E-state index >= 15 is 0 Å². The molecule has 15 heavy (non-hydrogen) atoms. The first-order chi connectivity index (χ1) is 7.16. The molecule has 1 amide bonds. The lowest BCUT2D eigenvalue weighted by Crippen LogP contribution is -2.17. The molecule has 1 aromatic carbocycles. The Morgan fingerprint density at radius 2 is 2.27 bits per heavy atom. The average Bonchev–Trinajstić information content (AvgIpc) is 2.05. The third-order valence-corrected chi connectivity index (χ3v) is 3.61. The fraction of sp³-hybridized carbons (Fsp3) is 0.300. The van der Waals surface area contributed by atoms with Crippen LogP contribution in [0.15, 0.2) is 18.2 Å². The van der Waals surface area contributed by atoms with Crippen LogP contribution in [-0.2, 0) is 0 Å². The molecular formula is C10H10FNO2S. The Bertz CT molecular complexity index is 393. The number of amides is 1. The number of anilines is 1. The van der Waals surface area contributed by atoms with E-state index in [1.807, 2.05) is 0 Å². The molecule has 1 aliphatic heterocycles. The molecular weight excluding hydrogens is 217 g/mol. The van der Waals surface area contributed by atoms with E-state index in [1.54, 1.807) is 23.9 Å². The minimum atomic E-state index is -1.18. The normalized spacial score (nSPS) is 15.8. The summed E-state index contributed by atoms with van der Waals surface area (Å²) >= 11 is 1.79. The minimum absolute atomic E-state index is 0.274. The maximum absolute atomic E-state index is 13.5. The van der Waals surface area contributed by atoms with Crippen molar-refractivity contribution in [3.05, 3.63) is 29.6 Å². The maximum atomic E-state index is 13.5. The number of nitrogens with one attached hydrogen (secondary N) is 1. The predicted molar refractivity (Wildman–Crippen MR) is 58.1 cm³/mol. The van der Waals surface area contributed by atoms with Gasteiger partial charge in [-0.3, -0.25) is 5.32 Å². The zero-order chi connectivity index (χ0) is 10.8. The van der Waals surface area contributed by atoms with E-state index < -0.39 is 6.09 Å². The molecule has 80 valence electrons. The van der Waals surface area contributed by atoms with Crippen LogP contribution < -0.4 is 5.32 Å². The third kappa shape index (κ3) is 2.23. The van der Waals surface area contributed by atoms with Crippen LogP contribution in [0.4, 0.5) is 14.9 Å². The van der Waals surface area contributed by atoms with Gasteiger partial charge in [0, 0.05) is 23.1 Å². The van der Waals surface area contributed by atoms with E-state index in [2.05, 4.69) is 5.32 Å². The highest BCUT2D eigenvalue weighted by Crippen LogP contribution is 2.35. The average molecular weight is 227 g/mol. The number of carbonyl (C=O) groups is 1. The summed E-state index contributed by atoms with van der Waals surface area (Å²) in [5.41, 5.74) is 0.959. The van der Waals surface area contributed by atoms with E-state index in [0.717, 1.165) is 11.5 Å². The summed E-state index contributed by atoms with van der Waals surface area (Å²) in [6.07, 6.45) is -1.18. The van der Waals surface area contributed by atoms with Gasteiger partial charge in [0.2, 0.25) is 0 Å². The summed E-state index contributed by atoms with van der Waals surface area (Å²) in [4.78, 5) is 10.3. The highest BCUT2D eigenvalue weighted by atomic mass is 32.2. The topological polar surface area (TPSA) is 49.3 Å². The molecule has 3 nitrogen and oxygen atoms in total. The van der Waals surface area contributed by atoms with Crippen LogP contribution >= 0.6 is 11.8 Å². The smallest absolute Gasteiger partial charge is 0.409 e. The van der Waals surface area contributed by atoms with E-state index in [-0.39, 0.29) is 17.4 Å². The summed E-state index contributed by atoms with van der Waals surface area (Å²) in [6.45, 7) is 0. The Balaban J connectivity index is 2.18. The lowest BCUT2D eigenvalue weighted by atomic mass is 10.0. The molecule has 1 aliphatic rings. The van der Waals surface area contributed by atoms with Crippen LogP contribution in [0.25, 0.3) is 0 Å². The molecule has 0 bridgehead atoms. The lowest BCUT2D eigenvalue weighted by molar-refractivity contribution is 0.209. The van der Waals surface area contributed by atoms with Crippen LogP contribution in [0.5, 0.6) is 0 Å². The number of hydrogen-bond donors (Lipinski definition) is 2. The molecule has 0 atom stereocenters. The second-order valence-electron chi connectivity index (χ2n) is 3.40. The maximum Gasteiger partial charge on any atom is 0.409 e. The predicted octanol–water partition coefficient (Wildman–Crippen LogP) is 2.75. The van der Waals surface area contributed by atoms with Crippen LogP contribution in [0.3, 0.4) is 0 Å². The molecule has 0 aliphatic carbocycles. The first kappa shape index (κ1) is 10.3. The first-order valence-corrected chi connectivity index (χ1v) is 5.69. The van der Waals surface area contributed by atoms with E-state index in [1.165, 1.54) is 6.07 Å². The molecule has 0 spiro atoms. The van der Waals surface area contributed by atoms with Crippen molar-refractivity contribution in [2.24, 2.45) is 0 Å². The molecule has 2 rings (SSSR count). The SMILES string of the molecule is O=C(O)Nc1ccc(C2CSC2)c(F)c1. The largest absolute Gasteiger partial charge is 0.465 e. The van der Waals surface area contributed by atoms with Crippen molar-refractivity contribution in [1.29, 1.82) is 0 Å². The van der Waals surface area contributed by atoms with Gasteiger partial charge in [-0.25, -0.2) is 9.18 Å². The second-order valence-corrected chi connectivity index (χ2v) is 4.48. The summed E-state index contributed by atoms with van der Waals surface area (Å²) in [6, 6.07) is 4.48. The Morgan fingerprint density at radius 3 is 2.73 bits per heavy atom. The quantitative estimate of drug-likeness (QED) is 0.816. The van der Waals surface area contributed by atoms with Gasteiger partial charge in [0.05, 0.1) is 0 Å². The van der Waals surface area contributed by atoms with Gasteiger partial charge >= 0.3 is 6.09 Å². The van der Waals surface area contributed by atoms with Crippen LogP contribution in [0.2, 0.25) is 0 Å². The lowest BCUT2D eigenvalue weighted by Gasteiger charge is -2.25. The Labute approximate surface area is 90.7 Å². The highest BCUT2D eigenvalue weighted by Gasteiger charge is 2.23. The van der Waals surface area contributed by atoms with Gasteiger partial charge in [-0.05, 0) is 17.7 Å². The molecule has 1 fully saturated rings. The number of benzene rings is 1. The van der Waals surface area contributed by atoms with Crippen molar-refractivity contribution in [3.63, 3.8) is 0 Å². The molecule has 1 saturated heterocycles. The van der Waals surface area contributed by atoms with Gasteiger partial charge in [0.1, 0.15) is 5.82 Å². The zero-order valence-corrected chi connectivity index (χ0v) is 8.68. The number of halogens is 1. The molecule has 0 aromatic heterocycles. The monoisotopic (exact) mass is 227 g/mol. The molecule has 5 heteroatoms. The number of rotatable bonds is 2. The summed E-state index contributed by atoms with van der Waals surface area (Å²) < 4.78 is 13.5. The minimum Gasteiger partial charge on any atom is -0.465 e. The van der Waals surface area contributed by atoms with Crippen LogP contribution in [0, 0.1) is 5.82 Å². The van der Waals surface area contributed by atoms with Crippen molar-refractivity contribution in [2.75, 3.05) is 16.8 Å². The number of hydrogen-bond acceptors (Lipinski definition) is 2. The third-order valence-electron chi connectivity index (χ3n) is 2.33. The molecule has 1 aromatic rings. The second kappa shape index (κ2) is 4.10. The summed E-state index contributed by atoms with van der Waals surface area (Å²) in [5, 5.41) is 10.6. The molecule has 0 unspecified atom stereocenters. The van der Waals surface area contributed by atoms with Crippen molar-refractivity contribution in [1.82, 2.24) is 0 Å². The Morgan fingerprint density at radius 1 is 1.53 bits per heavy atom.